The second kappa shape index (κ2) is 9.95. The SMILES string of the molecule is CCOc1ccc2nc(N(CCN(CC)CC)C(=O)c3ccc(F)cc3F)sc2c1. The first kappa shape index (κ1) is 22.1. The summed E-state index contributed by atoms with van der Waals surface area (Å²) >= 11 is 1.34. The molecule has 1 amide bonds. The van der Waals surface area contributed by atoms with E-state index in [9.17, 15) is 13.6 Å². The van der Waals surface area contributed by atoms with Gasteiger partial charge in [-0.25, -0.2) is 13.8 Å². The summed E-state index contributed by atoms with van der Waals surface area (Å²) in [6.45, 7) is 9.17. The van der Waals surface area contributed by atoms with Crippen molar-refractivity contribution in [3.63, 3.8) is 0 Å². The van der Waals surface area contributed by atoms with Crippen molar-refractivity contribution in [2.45, 2.75) is 20.8 Å². The van der Waals surface area contributed by atoms with Crippen molar-refractivity contribution in [1.29, 1.82) is 0 Å². The minimum Gasteiger partial charge on any atom is -0.494 e. The standard InChI is InChI=1S/C22H25F2N3O2S/c1-4-26(5-2)11-12-27(21(28)17-9-7-15(23)13-18(17)24)22-25-19-10-8-16(29-6-3)14-20(19)30-22/h7-10,13-14H,4-6,11-12H2,1-3H3. The van der Waals surface area contributed by atoms with Gasteiger partial charge in [-0.15, -0.1) is 0 Å². The van der Waals surface area contributed by atoms with Crippen LogP contribution in [0.2, 0.25) is 0 Å². The Bertz CT molecular complexity index is 1020. The van der Waals surface area contributed by atoms with Crippen molar-refractivity contribution in [2.75, 3.05) is 37.7 Å². The highest BCUT2D eigenvalue weighted by Gasteiger charge is 2.24. The third kappa shape index (κ3) is 4.94. The van der Waals surface area contributed by atoms with Crippen LogP contribution in [-0.2, 0) is 0 Å². The molecule has 0 radical (unpaired) electrons. The molecule has 1 aromatic heterocycles. The molecule has 2 aromatic carbocycles. The van der Waals surface area contributed by atoms with Gasteiger partial charge >= 0.3 is 0 Å². The van der Waals surface area contributed by atoms with E-state index in [-0.39, 0.29) is 5.56 Å². The lowest BCUT2D eigenvalue weighted by Crippen LogP contribution is -2.39. The summed E-state index contributed by atoms with van der Waals surface area (Å²) in [5, 5.41) is 0.472. The summed E-state index contributed by atoms with van der Waals surface area (Å²) in [4.78, 5) is 21.4. The number of thiazole rings is 1. The molecule has 8 heteroatoms. The van der Waals surface area contributed by atoms with Crippen LogP contribution in [-0.4, -0.2) is 48.6 Å². The summed E-state index contributed by atoms with van der Waals surface area (Å²) in [5.74, 6) is -1.41. The lowest BCUT2D eigenvalue weighted by Gasteiger charge is -2.24. The van der Waals surface area contributed by atoms with E-state index in [0.29, 0.717) is 24.8 Å². The highest BCUT2D eigenvalue weighted by atomic mass is 32.1. The van der Waals surface area contributed by atoms with E-state index in [1.165, 1.54) is 22.3 Å². The molecule has 0 saturated heterocycles. The largest absolute Gasteiger partial charge is 0.494 e. The molecule has 0 aliphatic rings. The Labute approximate surface area is 178 Å². The van der Waals surface area contributed by atoms with Crippen LogP contribution in [0.4, 0.5) is 13.9 Å². The van der Waals surface area contributed by atoms with Gasteiger partial charge in [-0.2, -0.15) is 0 Å². The maximum Gasteiger partial charge on any atom is 0.263 e. The average Bonchev–Trinajstić information content (AvgIpc) is 3.14. The maximum atomic E-state index is 14.3. The zero-order valence-corrected chi connectivity index (χ0v) is 18.1. The van der Waals surface area contributed by atoms with E-state index >= 15 is 0 Å². The molecule has 0 unspecified atom stereocenters. The fourth-order valence-electron chi connectivity index (χ4n) is 3.14. The van der Waals surface area contributed by atoms with Crippen molar-refractivity contribution in [2.24, 2.45) is 0 Å². The molecule has 1 heterocycles. The maximum absolute atomic E-state index is 14.3. The van der Waals surface area contributed by atoms with Gasteiger partial charge in [-0.1, -0.05) is 25.2 Å². The fraction of sp³-hybridized carbons (Fsp3) is 0.364. The number of aromatic nitrogens is 1. The van der Waals surface area contributed by atoms with E-state index in [0.717, 1.165) is 41.2 Å². The Hall–Kier alpha value is -2.58. The molecule has 0 fully saturated rings. The van der Waals surface area contributed by atoms with Gasteiger partial charge in [-0.3, -0.25) is 9.69 Å². The average molecular weight is 434 g/mol. The number of fused-ring (bicyclic) bond motifs is 1. The number of rotatable bonds is 9. The molecule has 160 valence electrons. The van der Waals surface area contributed by atoms with Crippen molar-refractivity contribution >= 4 is 32.6 Å². The molecule has 0 aliphatic carbocycles. The molecule has 5 nitrogen and oxygen atoms in total. The first-order valence-electron chi connectivity index (χ1n) is 9.99. The summed E-state index contributed by atoms with van der Waals surface area (Å²) in [6, 6.07) is 8.54. The molecular weight excluding hydrogens is 408 g/mol. The normalized spacial score (nSPS) is 11.3. The van der Waals surface area contributed by atoms with Crippen molar-refractivity contribution in [3.05, 3.63) is 53.6 Å². The van der Waals surface area contributed by atoms with E-state index in [2.05, 4.69) is 9.88 Å². The van der Waals surface area contributed by atoms with Crippen LogP contribution in [0.5, 0.6) is 5.75 Å². The number of anilines is 1. The summed E-state index contributed by atoms with van der Waals surface area (Å²) in [7, 11) is 0. The van der Waals surface area contributed by atoms with Crippen molar-refractivity contribution in [3.8, 4) is 5.75 Å². The van der Waals surface area contributed by atoms with Gasteiger partial charge in [0.2, 0.25) is 0 Å². The Morgan fingerprint density at radius 2 is 1.83 bits per heavy atom. The van der Waals surface area contributed by atoms with Gasteiger partial charge < -0.3 is 9.64 Å². The Morgan fingerprint density at radius 3 is 2.50 bits per heavy atom. The van der Waals surface area contributed by atoms with Gasteiger partial charge in [0.25, 0.3) is 5.91 Å². The van der Waals surface area contributed by atoms with Crippen LogP contribution >= 0.6 is 11.3 Å². The van der Waals surface area contributed by atoms with Crippen molar-refractivity contribution < 1.29 is 18.3 Å². The van der Waals surface area contributed by atoms with Crippen LogP contribution in [0.15, 0.2) is 36.4 Å². The number of amides is 1. The summed E-state index contributed by atoms with van der Waals surface area (Å²) in [5.41, 5.74) is 0.559. The Balaban J connectivity index is 1.97. The first-order valence-corrected chi connectivity index (χ1v) is 10.8. The zero-order valence-electron chi connectivity index (χ0n) is 17.3. The van der Waals surface area contributed by atoms with Gasteiger partial charge in [0.05, 0.1) is 22.4 Å². The smallest absolute Gasteiger partial charge is 0.263 e. The number of carbonyl (C=O) groups excluding carboxylic acids is 1. The third-order valence-electron chi connectivity index (χ3n) is 4.83. The van der Waals surface area contributed by atoms with Crippen LogP contribution < -0.4 is 9.64 Å². The van der Waals surface area contributed by atoms with E-state index < -0.39 is 17.5 Å². The second-order valence-corrected chi connectivity index (χ2v) is 7.68. The lowest BCUT2D eigenvalue weighted by atomic mass is 10.2. The van der Waals surface area contributed by atoms with Crippen molar-refractivity contribution in [1.82, 2.24) is 9.88 Å². The topological polar surface area (TPSA) is 45.7 Å². The molecular formula is C22H25F2N3O2S. The molecule has 0 N–H and O–H groups in total. The quantitative estimate of drug-likeness (QED) is 0.478. The first-order chi connectivity index (χ1) is 14.5. The summed E-state index contributed by atoms with van der Waals surface area (Å²) in [6.07, 6.45) is 0. The third-order valence-corrected chi connectivity index (χ3v) is 5.87. The number of hydrogen-bond acceptors (Lipinski definition) is 5. The number of carbonyl (C=O) groups is 1. The number of nitrogens with zero attached hydrogens (tertiary/aromatic N) is 3. The number of likely N-dealkylation sites (N-methyl/N-ethyl adjacent to an activating group) is 1. The number of halogens is 2. The molecule has 0 saturated carbocycles. The Morgan fingerprint density at radius 1 is 1.07 bits per heavy atom. The second-order valence-electron chi connectivity index (χ2n) is 6.67. The molecule has 3 aromatic rings. The van der Waals surface area contributed by atoms with Gasteiger partial charge in [0.1, 0.15) is 17.4 Å². The van der Waals surface area contributed by atoms with Gasteiger partial charge in [0, 0.05) is 19.2 Å². The minimum atomic E-state index is -0.882. The van der Waals surface area contributed by atoms with Gasteiger partial charge in [-0.05, 0) is 50.3 Å². The molecule has 30 heavy (non-hydrogen) atoms. The van der Waals surface area contributed by atoms with E-state index in [1.807, 2.05) is 39.0 Å². The minimum absolute atomic E-state index is 0.176. The number of hydrogen-bond donors (Lipinski definition) is 0. The fourth-order valence-corrected chi connectivity index (χ4v) is 4.16. The van der Waals surface area contributed by atoms with Crippen LogP contribution in [0.25, 0.3) is 10.2 Å². The molecule has 0 bridgehead atoms. The molecule has 0 aliphatic heterocycles. The zero-order chi connectivity index (χ0) is 21.7. The highest BCUT2D eigenvalue weighted by molar-refractivity contribution is 7.22. The van der Waals surface area contributed by atoms with Crippen LogP contribution in [0, 0.1) is 11.6 Å². The van der Waals surface area contributed by atoms with Gasteiger partial charge in [0.15, 0.2) is 5.13 Å². The summed E-state index contributed by atoms with van der Waals surface area (Å²) < 4.78 is 34.1. The monoisotopic (exact) mass is 433 g/mol. The predicted octanol–water partition coefficient (Wildman–Crippen LogP) is 4.96. The number of benzene rings is 2. The predicted molar refractivity (Wildman–Crippen MR) is 117 cm³/mol. The number of ether oxygens (including phenoxy) is 1. The molecule has 0 atom stereocenters. The molecule has 0 spiro atoms. The van der Waals surface area contributed by atoms with Crippen LogP contribution in [0.1, 0.15) is 31.1 Å². The van der Waals surface area contributed by atoms with E-state index in [4.69, 9.17) is 4.74 Å². The van der Waals surface area contributed by atoms with E-state index in [1.54, 1.807) is 0 Å². The van der Waals surface area contributed by atoms with Crippen LogP contribution in [0.3, 0.4) is 0 Å². The highest BCUT2D eigenvalue weighted by Crippen LogP contribution is 2.32. The molecule has 3 rings (SSSR count). The lowest BCUT2D eigenvalue weighted by molar-refractivity contribution is 0.0980. The Kier molecular flexibility index (Phi) is 7.33.